The van der Waals surface area contributed by atoms with Crippen LogP contribution in [0.5, 0.6) is 0 Å². The van der Waals surface area contributed by atoms with Crippen LogP contribution in [-0.2, 0) is 22.7 Å². The second-order valence-electron chi connectivity index (χ2n) is 14.0. The van der Waals surface area contributed by atoms with Crippen LogP contribution in [-0.4, -0.2) is 4.57 Å². The first-order valence-corrected chi connectivity index (χ1v) is 14.0. The number of nitrogens with zero attached hydrogens (tertiary/aromatic N) is 1. The van der Waals surface area contributed by atoms with Crippen LogP contribution in [0.3, 0.4) is 0 Å². The van der Waals surface area contributed by atoms with E-state index in [0.29, 0.717) is 0 Å². The van der Waals surface area contributed by atoms with Crippen LogP contribution < -0.4 is 0 Å². The number of benzene rings is 4. The van der Waals surface area contributed by atoms with Gasteiger partial charge in [-0.25, -0.2) is 0 Å². The quantitative estimate of drug-likeness (QED) is 0.232. The van der Waals surface area contributed by atoms with Gasteiger partial charge in [0, 0.05) is 16.5 Å². The molecule has 4 aromatic carbocycles. The van der Waals surface area contributed by atoms with Crippen LogP contribution >= 0.6 is 0 Å². The van der Waals surface area contributed by atoms with E-state index in [-0.39, 0.29) is 16.2 Å². The molecule has 1 heteroatoms. The van der Waals surface area contributed by atoms with Crippen molar-refractivity contribution in [2.75, 3.05) is 0 Å². The van der Waals surface area contributed by atoms with Crippen LogP contribution in [0.4, 0.5) is 0 Å². The summed E-state index contributed by atoms with van der Waals surface area (Å²) < 4.78 is 2.45. The Bertz CT molecular complexity index is 1580. The Balaban J connectivity index is 1.82. The molecule has 5 rings (SSSR count). The summed E-state index contributed by atoms with van der Waals surface area (Å²) in [5.74, 6) is 0. The number of fused-ring (bicyclic) bond motifs is 3. The van der Waals surface area contributed by atoms with E-state index in [1.54, 1.807) is 0 Å². The van der Waals surface area contributed by atoms with E-state index in [1.807, 2.05) is 0 Å². The van der Waals surface area contributed by atoms with Crippen molar-refractivity contribution in [1.29, 1.82) is 0 Å². The normalized spacial score (nSPS) is 13.0. The Labute approximate surface area is 229 Å². The zero-order valence-corrected chi connectivity index (χ0v) is 24.7. The molecule has 0 aliphatic carbocycles. The summed E-state index contributed by atoms with van der Waals surface area (Å²) in [5, 5.41) is 2.77. The highest BCUT2D eigenvalue weighted by Gasteiger charge is 2.25. The van der Waals surface area contributed by atoms with E-state index >= 15 is 0 Å². The van der Waals surface area contributed by atoms with Gasteiger partial charge in [-0.3, -0.25) is 0 Å². The summed E-state index contributed by atoms with van der Waals surface area (Å²) in [6.07, 6.45) is 0.913. The molecule has 0 aliphatic heterocycles. The minimum atomic E-state index is 0.0357. The smallest absolute Gasteiger partial charge is 0.0544 e. The summed E-state index contributed by atoms with van der Waals surface area (Å²) in [5.41, 5.74) is 11.0. The molecular weight excluding hydrogens is 458 g/mol. The molecule has 1 heterocycles. The lowest BCUT2D eigenvalue weighted by atomic mass is 9.79. The standard InChI is InChI=1S/C37H43N/c1-35(2,3)27-22-25(23-28(24-27)36(4,5)6)21-26-15-13-19-31-33(26)34-30(37(7,8)9)18-14-20-32(34)38(31)29-16-11-10-12-17-29/h10-20,22-24H,21H2,1-9H3. The zero-order valence-electron chi connectivity index (χ0n) is 24.7. The number of aromatic nitrogens is 1. The second-order valence-corrected chi connectivity index (χ2v) is 14.0. The van der Waals surface area contributed by atoms with Gasteiger partial charge in [0.15, 0.2) is 0 Å². The van der Waals surface area contributed by atoms with Crippen molar-refractivity contribution in [3.8, 4) is 5.69 Å². The molecular formula is C37H43N. The third-order valence-corrected chi connectivity index (χ3v) is 7.84. The molecule has 0 atom stereocenters. The van der Waals surface area contributed by atoms with E-state index in [0.717, 1.165) is 6.42 Å². The lowest BCUT2D eigenvalue weighted by Gasteiger charge is -2.26. The third-order valence-electron chi connectivity index (χ3n) is 7.84. The molecule has 196 valence electrons. The van der Waals surface area contributed by atoms with Gasteiger partial charge in [0.05, 0.1) is 11.0 Å². The first-order chi connectivity index (χ1) is 17.7. The van der Waals surface area contributed by atoms with Crippen LogP contribution in [0.2, 0.25) is 0 Å². The van der Waals surface area contributed by atoms with Crippen LogP contribution in [0.15, 0.2) is 84.9 Å². The maximum absolute atomic E-state index is 2.45. The van der Waals surface area contributed by atoms with E-state index in [4.69, 9.17) is 0 Å². The maximum atomic E-state index is 2.45. The average Bonchev–Trinajstić information content (AvgIpc) is 3.18. The molecule has 1 aromatic heterocycles. The Morgan fingerprint density at radius 1 is 0.526 bits per heavy atom. The van der Waals surface area contributed by atoms with Gasteiger partial charge in [-0.05, 0) is 74.7 Å². The minimum absolute atomic E-state index is 0.0357. The third kappa shape index (κ3) is 4.80. The average molecular weight is 502 g/mol. The molecule has 38 heavy (non-hydrogen) atoms. The summed E-state index contributed by atoms with van der Waals surface area (Å²) in [6, 6.07) is 31.8. The number of para-hydroxylation sites is 1. The van der Waals surface area contributed by atoms with E-state index in [1.165, 1.54) is 55.3 Å². The highest BCUT2D eigenvalue weighted by Crippen LogP contribution is 2.41. The van der Waals surface area contributed by atoms with Crippen molar-refractivity contribution < 1.29 is 0 Å². The van der Waals surface area contributed by atoms with Gasteiger partial charge in [-0.2, -0.15) is 0 Å². The highest BCUT2D eigenvalue weighted by molar-refractivity contribution is 6.13. The lowest BCUT2D eigenvalue weighted by Crippen LogP contribution is -2.17. The summed E-state index contributed by atoms with van der Waals surface area (Å²) in [4.78, 5) is 0. The maximum Gasteiger partial charge on any atom is 0.0544 e. The molecule has 0 N–H and O–H groups in total. The Kier molecular flexibility index (Phi) is 6.33. The summed E-state index contributed by atoms with van der Waals surface area (Å²) >= 11 is 0. The molecule has 0 radical (unpaired) electrons. The van der Waals surface area contributed by atoms with E-state index in [9.17, 15) is 0 Å². The first kappa shape index (κ1) is 26.3. The van der Waals surface area contributed by atoms with Crippen molar-refractivity contribution >= 4 is 21.8 Å². The minimum Gasteiger partial charge on any atom is -0.309 e. The van der Waals surface area contributed by atoms with Gasteiger partial charge in [0.2, 0.25) is 0 Å². The fourth-order valence-electron chi connectivity index (χ4n) is 5.69. The molecule has 5 aromatic rings. The molecule has 1 nitrogen and oxygen atoms in total. The van der Waals surface area contributed by atoms with Crippen LogP contribution in [0.1, 0.15) is 90.1 Å². The fourth-order valence-corrected chi connectivity index (χ4v) is 5.69. The van der Waals surface area contributed by atoms with Crippen LogP contribution in [0, 0.1) is 0 Å². The predicted molar refractivity (Wildman–Crippen MR) is 166 cm³/mol. The van der Waals surface area contributed by atoms with Gasteiger partial charge in [0.25, 0.3) is 0 Å². The van der Waals surface area contributed by atoms with Gasteiger partial charge in [-0.15, -0.1) is 0 Å². The number of hydrogen-bond donors (Lipinski definition) is 0. The second kappa shape index (κ2) is 9.16. The molecule has 0 spiro atoms. The van der Waals surface area contributed by atoms with Crippen molar-refractivity contribution in [3.63, 3.8) is 0 Å². The number of hydrogen-bond acceptors (Lipinski definition) is 0. The zero-order chi connectivity index (χ0) is 27.5. The largest absolute Gasteiger partial charge is 0.309 e. The first-order valence-electron chi connectivity index (χ1n) is 14.0. The molecule has 0 saturated carbocycles. The molecule has 0 saturated heterocycles. The highest BCUT2D eigenvalue weighted by atomic mass is 15.0. The summed E-state index contributed by atoms with van der Waals surface area (Å²) in [6.45, 7) is 20.9. The Hall–Kier alpha value is -3.32. The molecule has 0 bridgehead atoms. The number of rotatable bonds is 3. The van der Waals surface area contributed by atoms with Gasteiger partial charge in [0.1, 0.15) is 0 Å². The van der Waals surface area contributed by atoms with Crippen molar-refractivity contribution in [2.24, 2.45) is 0 Å². The monoisotopic (exact) mass is 501 g/mol. The summed E-state index contributed by atoms with van der Waals surface area (Å²) in [7, 11) is 0. The van der Waals surface area contributed by atoms with Gasteiger partial charge in [-0.1, -0.05) is 123 Å². The Morgan fingerprint density at radius 3 is 1.63 bits per heavy atom. The van der Waals surface area contributed by atoms with Gasteiger partial charge >= 0.3 is 0 Å². The molecule has 0 amide bonds. The van der Waals surface area contributed by atoms with E-state index in [2.05, 4.69) is 152 Å². The van der Waals surface area contributed by atoms with Crippen LogP contribution in [0.25, 0.3) is 27.5 Å². The molecule has 0 aliphatic rings. The molecule has 0 fully saturated rings. The van der Waals surface area contributed by atoms with Crippen molar-refractivity contribution in [3.05, 3.63) is 113 Å². The topological polar surface area (TPSA) is 4.93 Å². The fraction of sp³-hybridized carbons (Fsp3) is 0.351. The molecule has 0 unspecified atom stereocenters. The lowest BCUT2D eigenvalue weighted by molar-refractivity contribution is 0.567. The SMILES string of the molecule is CC(C)(C)c1cc(Cc2cccc3c2c2c(C(C)(C)C)cccc2n3-c2ccccc2)cc(C(C)(C)C)c1. The van der Waals surface area contributed by atoms with Crippen molar-refractivity contribution in [2.45, 2.75) is 85.0 Å². The van der Waals surface area contributed by atoms with Crippen molar-refractivity contribution in [1.82, 2.24) is 4.57 Å². The van der Waals surface area contributed by atoms with Gasteiger partial charge < -0.3 is 4.57 Å². The van der Waals surface area contributed by atoms with E-state index < -0.39 is 0 Å². The Morgan fingerprint density at radius 2 is 1.08 bits per heavy atom. The predicted octanol–water partition coefficient (Wildman–Crippen LogP) is 10.3.